The Bertz CT molecular complexity index is 532. The highest BCUT2D eigenvalue weighted by Crippen LogP contribution is 2.37. The van der Waals surface area contributed by atoms with E-state index in [0.717, 1.165) is 29.7 Å². The Balaban J connectivity index is 2.53. The van der Waals surface area contributed by atoms with Crippen LogP contribution < -0.4 is 5.73 Å². The van der Waals surface area contributed by atoms with Gasteiger partial charge >= 0.3 is 0 Å². The summed E-state index contributed by atoms with van der Waals surface area (Å²) in [7, 11) is 0. The standard InChI is InChI=1S/C14H17ClN2O/c1-3-9(4-2)13-12(14(16)17-18-13)10-6-5-7-11(15)8-10/h5-9H,3-4H2,1-2H3,(H2,16,17). The first-order valence-corrected chi connectivity index (χ1v) is 6.56. The van der Waals surface area contributed by atoms with Gasteiger partial charge in [0.2, 0.25) is 0 Å². The molecular weight excluding hydrogens is 248 g/mol. The maximum absolute atomic E-state index is 6.02. The van der Waals surface area contributed by atoms with Crippen molar-refractivity contribution < 1.29 is 4.52 Å². The maximum Gasteiger partial charge on any atom is 0.175 e. The van der Waals surface area contributed by atoms with E-state index in [0.29, 0.717) is 16.8 Å². The van der Waals surface area contributed by atoms with Crippen molar-refractivity contribution in [2.75, 3.05) is 5.73 Å². The molecule has 0 fully saturated rings. The van der Waals surface area contributed by atoms with E-state index in [1.807, 2.05) is 24.3 Å². The van der Waals surface area contributed by atoms with E-state index < -0.39 is 0 Å². The van der Waals surface area contributed by atoms with Crippen molar-refractivity contribution >= 4 is 17.4 Å². The molecule has 0 amide bonds. The van der Waals surface area contributed by atoms with Gasteiger partial charge in [0, 0.05) is 10.9 Å². The molecule has 0 unspecified atom stereocenters. The molecule has 0 aliphatic heterocycles. The summed E-state index contributed by atoms with van der Waals surface area (Å²) in [6.07, 6.45) is 2.00. The Morgan fingerprint density at radius 1 is 1.33 bits per heavy atom. The van der Waals surface area contributed by atoms with Crippen molar-refractivity contribution in [1.29, 1.82) is 0 Å². The second-order valence-corrected chi connectivity index (χ2v) is 4.77. The number of nitrogens with two attached hydrogens (primary N) is 1. The van der Waals surface area contributed by atoms with E-state index in [4.69, 9.17) is 21.9 Å². The number of nitrogen functional groups attached to an aromatic ring is 1. The lowest BCUT2D eigenvalue weighted by molar-refractivity contribution is 0.356. The van der Waals surface area contributed by atoms with Crippen LogP contribution in [0, 0.1) is 0 Å². The lowest BCUT2D eigenvalue weighted by atomic mass is 9.94. The van der Waals surface area contributed by atoms with Crippen molar-refractivity contribution in [2.45, 2.75) is 32.6 Å². The third-order valence-electron chi connectivity index (χ3n) is 3.21. The highest BCUT2D eigenvalue weighted by Gasteiger charge is 2.21. The van der Waals surface area contributed by atoms with Gasteiger partial charge in [0.15, 0.2) is 5.82 Å². The molecule has 0 radical (unpaired) electrons. The van der Waals surface area contributed by atoms with Crippen LogP contribution in [-0.4, -0.2) is 5.16 Å². The summed E-state index contributed by atoms with van der Waals surface area (Å²) < 4.78 is 5.42. The molecule has 2 N–H and O–H groups in total. The van der Waals surface area contributed by atoms with Gasteiger partial charge in [-0.15, -0.1) is 0 Å². The van der Waals surface area contributed by atoms with E-state index in [2.05, 4.69) is 19.0 Å². The lowest BCUT2D eigenvalue weighted by Gasteiger charge is -2.10. The SMILES string of the molecule is CCC(CC)c1onc(N)c1-c1cccc(Cl)c1. The third-order valence-corrected chi connectivity index (χ3v) is 3.45. The van der Waals surface area contributed by atoms with Gasteiger partial charge in [0.1, 0.15) is 5.76 Å². The van der Waals surface area contributed by atoms with Crippen LogP contribution in [0.1, 0.15) is 38.4 Å². The van der Waals surface area contributed by atoms with Gasteiger partial charge < -0.3 is 10.3 Å². The third kappa shape index (κ3) is 2.36. The number of anilines is 1. The topological polar surface area (TPSA) is 52.0 Å². The average Bonchev–Trinajstić information content (AvgIpc) is 2.73. The fourth-order valence-corrected chi connectivity index (χ4v) is 2.38. The molecule has 0 saturated heterocycles. The Labute approximate surface area is 112 Å². The summed E-state index contributed by atoms with van der Waals surface area (Å²) in [5.41, 5.74) is 7.76. The molecule has 4 heteroatoms. The first kappa shape index (κ1) is 13.0. The van der Waals surface area contributed by atoms with Crippen LogP contribution in [0.25, 0.3) is 11.1 Å². The van der Waals surface area contributed by atoms with Gasteiger partial charge in [-0.1, -0.05) is 42.7 Å². The van der Waals surface area contributed by atoms with Crippen LogP contribution in [-0.2, 0) is 0 Å². The molecular formula is C14H17ClN2O. The zero-order valence-electron chi connectivity index (χ0n) is 10.6. The molecule has 0 aliphatic carbocycles. The average molecular weight is 265 g/mol. The van der Waals surface area contributed by atoms with E-state index in [1.54, 1.807) is 0 Å². The zero-order valence-corrected chi connectivity index (χ0v) is 11.4. The minimum atomic E-state index is 0.337. The molecule has 0 saturated carbocycles. The monoisotopic (exact) mass is 264 g/mol. The van der Waals surface area contributed by atoms with Crippen molar-refractivity contribution in [1.82, 2.24) is 5.16 Å². The van der Waals surface area contributed by atoms with E-state index >= 15 is 0 Å². The second-order valence-electron chi connectivity index (χ2n) is 4.33. The van der Waals surface area contributed by atoms with Gasteiger partial charge in [-0.3, -0.25) is 0 Å². The minimum absolute atomic E-state index is 0.337. The summed E-state index contributed by atoms with van der Waals surface area (Å²) in [5.74, 6) is 1.63. The fourth-order valence-electron chi connectivity index (χ4n) is 2.19. The molecule has 2 aromatic rings. The van der Waals surface area contributed by atoms with Gasteiger partial charge in [-0.05, 0) is 30.5 Å². The molecule has 0 aliphatic rings. The largest absolute Gasteiger partial charge is 0.380 e. The van der Waals surface area contributed by atoms with Crippen LogP contribution in [0.15, 0.2) is 28.8 Å². The fraction of sp³-hybridized carbons (Fsp3) is 0.357. The van der Waals surface area contributed by atoms with Crippen molar-refractivity contribution in [3.8, 4) is 11.1 Å². The highest BCUT2D eigenvalue weighted by molar-refractivity contribution is 6.30. The van der Waals surface area contributed by atoms with Gasteiger partial charge in [0.25, 0.3) is 0 Å². The van der Waals surface area contributed by atoms with Crippen molar-refractivity contribution in [3.05, 3.63) is 35.0 Å². The van der Waals surface area contributed by atoms with Crippen molar-refractivity contribution in [2.24, 2.45) is 0 Å². The predicted octanol–water partition coefficient (Wildman–Crippen LogP) is 4.48. The van der Waals surface area contributed by atoms with Crippen LogP contribution in [0.5, 0.6) is 0 Å². The molecule has 0 atom stereocenters. The molecule has 0 bridgehead atoms. The van der Waals surface area contributed by atoms with Crippen LogP contribution >= 0.6 is 11.6 Å². The molecule has 1 aromatic carbocycles. The van der Waals surface area contributed by atoms with Crippen LogP contribution in [0.4, 0.5) is 5.82 Å². The minimum Gasteiger partial charge on any atom is -0.380 e. The highest BCUT2D eigenvalue weighted by atomic mass is 35.5. The Kier molecular flexibility index (Phi) is 3.92. The molecule has 1 aromatic heterocycles. The number of aromatic nitrogens is 1. The molecule has 0 spiro atoms. The molecule has 3 nitrogen and oxygen atoms in total. The van der Waals surface area contributed by atoms with E-state index in [9.17, 15) is 0 Å². The Morgan fingerprint density at radius 3 is 2.67 bits per heavy atom. The van der Waals surface area contributed by atoms with E-state index in [-0.39, 0.29) is 0 Å². The summed E-state index contributed by atoms with van der Waals surface area (Å²) in [6.45, 7) is 4.27. The molecule has 1 heterocycles. The quantitative estimate of drug-likeness (QED) is 0.886. The lowest BCUT2D eigenvalue weighted by Crippen LogP contribution is -1.97. The normalized spacial score (nSPS) is 11.1. The van der Waals surface area contributed by atoms with E-state index in [1.165, 1.54) is 0 Å². The molecule has 96 valence electrons. The number of hydrogen-bond acceptors (Lipinski definition) is 3. The smallest absolute Gasteiger partial charge is 0.175 e. The first-order chi connectivity index (χ1) is 8.67. The van der Waals surface area contributed by atoms with Gasteiger partial charge in [-0.25, -0.2) is 0 Å². The van der Waals surface area contributed by atoms with Crippen molar-refractivity contribution in [3.63, 3.8) is 0 Å². The first-order valence-electron chi connectivity index (χ1n) is 6.18. The predicted molar refractivity (Wildman–Crippen MR) is 74.7 cm³/mol. The summed E-state index contributed by atoms with van der Waals surface area (Å²) in [6, 6.07) is 7.60. The Morgan fingerprint density at radius 2 is 2.06 bits per heavy atom. The summed E-state index contributed by atoms with van der Waals surface area (Å²) >= 11 is 6.02. The van der Waals surface area contributed by atoms with Crippen LogP contribution in [0.3, 0.4) is 0 Å². The number of nitrogens with zero attached hydrogens (tertiary/aromatic N) is 1. The maximum atomic E-state index is 6.02. The van der Waals surface area contributed by atoms with Gasteiger partial charge in [-0.2, -0.15) is 0 Å². The summed E-state index contributed by atoms with van der Waals surface area (Å²) in [5, 5.41) is 4.58. The zero-order chi connectivity index (χ0) is 13.1. The number of benzene rings is 1. The van der Waals surface area contributed by atoms with Crippen LogP contribution in [0.2, 0.25) is 5.02 Å². The van der Waals surface area contributed by atoms with Gasteiger partial charge in [0.05, 0.1) is 5.56 Å². The summed E-state index contributed by atoms with van der Waals surface area (Å²) in [4.78, 5) is 0. The molecule has 18 heavy (non-hydrogen) atoms. The number of halogens is 1. The number of rotatable bonds is 4. The number of hydrogen-bond donors (Lipinski definition) is 1. The second kappa shape index (κ2) is 5.44. The molecule has 2 rings (SSSR count). The Hall–Kier alpha value is -1.48.